The molecule has 2 aliphatic rings. The van der Waals surface area contributed by atoms with Crippen molar-refractivity contribution in [2.24, 2.45) is 5.92 Å². The molecule has 4 rings (SSSR count). The Morgan fingerprint density at radius 1 is 0.889 bits per heavy atom. The minimum atomic E-state index is -0.349. The number of benzene rings is 2. The first-order valence-electron chi connectivity index (χ1n) is 10.3. The summed E-state index contributed by atoms with van der Waals surface area (Å²) in [6, 6.07) is 20.6. The second kappa shape index (κ2) is 8.71. The maximum Gasteiger partial charge on any atom is 0.317 e. The van der Waals surface area contributed by atoms with E-state index < -0.39 is 0 Å². The van der Waals surface area contributed by atoms with Crippen LogP contribution in [0.1, 0.15) is 49.1 Å². The van der Waals surface area contributed by atoms with Crippen molar-refractivity contribution in [2.45, 2.75) is 44.1 Å². The molecule has 0 N–H and O–H groups in total. The van der Waals surface area contributed by atoms with Gasteiger partial charge < -0.3 is 4.74 Å². The van der Waals surface area contributed by atoms with Gasteiger partial charge in [-0.1, -0.05) is 67.1 Å². The Morgan fingerprint density at radius 2 is 1.52 bits per heavy atom. The predicted octanol–water partition coefficient (Wildman–Crippen LogP) is 4.63. The number of carbonyl (C=O) groups is 1. The molecule has 0 aliphatic carbocycles. The van der Waals surface area contributed by atoms with Gasteiger partial charge in [-0.2, -0.15) is 0 Å². The van der Waals surface area contributed by atoms with E-state index >= 15 is 0 Å². The summed E-state index contributed by atoms with van der Waals surface area (Å²) in [5, 5.41) is 0. The van der Waals surface area contributed by atoms with Crippen LogP contribution in [0.2, 0.25) is 0 Å². The van der Waals surface area contributed by atoms with Crippen molar-refractivity contribution in [1.29, 1.82) is 0 Å². The summed E-state index contributed by atoms with van der Waals surface area (Å²) in [7, 11) is 0. The van der Waals surface area contributed by atoms with E-state index in [1.165, 1.54) is 45.2 Å². The molecule has 3 heteroatoms. The van der Waals surface area contributed by atoms with Gasteiger partial charge in [0.15, 0.2) is 0 Å². The van der Waals surface area contributed by atoms with Gasteiger partial charge in [0, 0.05) is 12.0 Å². The predicted molar refractivity (Wildman–Crippen MR) is 108 cm³/mol. The highest BCUT2D eigenvalue weighted by Gasteiger charge is 2.34. The minimum Gasteiger partial charge on any atom is -0.465 e. The molecule has 2 atom stereocenters. The van der Waals surface area contributed by atoms with Crippen LogP contribution in [0.4, 0.5) is 0 Å². The topological polar surface area (TPSA) is 29.5 Å². The van der Waals surface area contributed by atoms with E-state index in [0.29, 0.717) is 18.6 Å². The molecule has 0 radical (unpaired) electrons. The molecule has 2 aromatic carbocycles. The molecule has 2 aromatic rings. The number of hydrogen-bond acceptors (Lipinski definition) is 3. The molecule has 3 nitrogen and oxygen atoms in total. The van der Waals surface area contributed by atoms with Crippen LogP contribution in [-0.2, 0) is 9.53 Å². The second-order valence-electron chi connectivity index (χ2n) is 7.89. The first-order valence-corrected chi connectivity index (χ1v) is 10.3. The van der Waals surface area contributed by atoms with Gasteiger partial charge in [0.1, 0.15) is 5.92 Å². The summed E-state index contributed by atoms with van der Waals surface area (Å²) in [6.45, 7) is 2.98. The Kier molecular flexibility index (Phi) is 5.88. The summed E-state index contributed by atoms with van der Waals surface area (Å²) < 4.78 is 5.94. The largest absolute Gasteiger partial charge is 0.465 e. The van der Waals surface area contributed by atoms with E-state index in [1.807, 2.05) is 60.7 Å². The van der Waals surface area contributed by atoms with Gasteiger partial charge in [0.25, 0.3) is 0 Å². The lowest BCUT2D eigenvalue weighted by molar-refractivity contribution is -0.147. The Bertz CT molecular complexity index is 689. The highest BCUT2D eigenvalue weighted by molar-refractivity contribution is 5.82. The minimum absolute atomic E-state index is 0.125. The van der Waals surface area contributed by atoms with Crippen molar-refractivity contribution in [3.8, 4) is 0 Å². The Morgan fingerprint density at radius 3 is 2.19 bits per heavy atom. The number of esters is 1. The van der Waals surface area contributed by atoms with Crippen LogP contribution < -0.4 is 0 Å². The third-order valence-corrected chi connectivity index (χ3v) is 6.17. The molecular weight excluding hydrogens is 334 g/mol. The molecule has 0 aromatic heterocycles. The third-order valence-electron chi connectivity index (χ3n) is 6.17. The Hall–Kier alpha value is -2.13. The lowest BCUT2D eigenvalue weighted by atomic mass is 9.84. The van der Waals surface area contributed by atoms with Crippen molar-refractivity contribution in [3.05, 3.63) is 71.8 Å². The van der Waals surface area contributed by atoms with E-state index in [1.54, 1.807) is 0 Å². The monoisotopic (exact) mass is 363 g/mol. The van der Waals surface area contributed by atoms with Crippen LogP contribution in [0.15, 0.2) is 60.7 Å². The molecule has 0 spiro atoms. The van der Waals surface area contributed by atoms with Crippen molar-refractivity contribution in [2.75, 3.05) is 19.7 Å². The highest BCUT2D eigenvalue weighted by atomic mass is 16.5. The molecule has 2 saturated heterocycles. The van der Waals surface area contributed by atoms with Crippen LogP contribution in [0.3, 0.4) is 0 Å². The van der Waals surface area contributed by atoms with E-state index in [2.05, 4.69) is 4.90 Å². The second-order valence-corrected chi connectivity index (χ2v) is 7.89. The molecule has 2 heterocycles. The molecule has 0 saturated carbocycles. The molecule has 2 unspecified atom stereocenters. The number of rotatable bonds is 5. The zero-order chi connectivity index (χ0) is 18.5. The van der Waals surface area contributed by atoms with Crippen LogP contribution in [0.25, 0.3) is 0 Å². The average Bonchev–Trinajstić information content (AvgIpc) is 2.74. The zero-order valence-electron chi connectivity index (χ0n) is 15.9. The number of carbonyl (C=O) groups excluding carboxylic acids is 1. The lowest BCUT2D eigenvalue weighted by Gasteiger charge is -2.44. The first-order chi connectivity index (χ1) is 13.3. The van der Waals surface area contributed by atoms with Gasteiger partial charge in [0.05, 0.1) is 6.61 Å². The summed E-state index contributed by atoms with van der Waals surface area (Å²) in [5.74, 6) is 0.00831. The third kappa shape index (κ3) is 4.24. The maximum absolute atomic E-state index is 13.1. The normalized spacial score (nSPS) is 23.0. The summed E-state index contributed by atoms with van der Waals surface area (Å²) in [6.07, 6.45) is 6.27. The fourth-order valence-corrected chi connectivity index (χ4v) is 4.80. The zero-order valence-corrected chi connectivity index (χ0v) is 15.9. The lowest BCUT2D eigenvalue weighted by Crippen LogP contribution is -2.49. The molecule has 0 amide bonds. The average molecular weight is 364 g/mol. The molecule has 2 aliphatic heterocycles. The van der Waals surface area contributed by atoms with Gasteiger partial charge in [-0.15, -0.1) is 0 Å². The van der Waals surface area contributed by atoms with Crippen LogP contribution >= 0.6 is 0 Å². The summed E-state index contributed by atoms with van der Waals surface area (Å²) in [5.41, 5.74) is 1.99. The van der Waals surface area contributed by atoms with Crippen LogP contribution in [-0.4, -0.2) is 36.6 Å². The molecular formula is C24H29NO2. The number of ether oxygens (including phenoxy) is 1. The summed E-state index contributed by atoms with van der Waals surface area (Å²) in [4.78, 5) is 15.7. The van der Waals surface area contributed by atoms with Crippen molar-refractivity contribution in [1.82, 2.24) is 4.90 Å². The number of hydrogen-bond donors (Lipinski definition) is 0. The molecule has 142 valence electrons. The van der Waals surface area contributed by atoms with Crippen molar-refractivity contribution in [3.63, 3.8) is 0 Å². The fourth-order valence-electron chi connectivity index (χ4n) is 4.80. The van der Waals surface area contributed by atoms with Gasteiger partial charge in [-0.3, -0.25) is 9.69 Å². The van der Waals surface area contributed by atoms with E-state index in [0.717, 1.165) is 11.1 Å². The molecule has 27 heavy (non-hydrogen) atoms. The first kappa shape index (κ1) is 18.2. The van der Waals surface area contributed by atoms with Gasteiger partial charge in [0.2, 0.25) is 0 Å². The molecule has 2 fully saturated rings. The fraction of sp³-hybridized carbons (Fsp3) is 0.458. The SMILES string of the molecule is O=C(OCC1CCCN2CCCCC12)C(c1ccccc1)c1ccccc1. The number of fused-ring (bicyclic) bond motifs is 1. The Balaban J connectivity index is 1.47. The standard InChI is InChI=1S/C24H29NO2/c26-24(27-18-21-14-9-17-25-16-8-7-15-22(21)25)23(19-10-3-1-4-11-19)20-12-5-2-6-13-20/h1-6,10-13,21-23H,7-9,14-18H2. The number of piperidine rings is 2. The van der Waals surface area contributed by atoms with Crippen LogP contribution in [0, 0.1) is 5.92 Å². The van der Waals surface area contributed by atoms with Crippen molar-refractivity contribution >= 4 is 5.97 Å². The van der Waals surface area contributed by atoms with Gasteiger partial charge >= 0.3 is 5.97 Å². The van der Waals surface area contributed by atoms with E-state index in [9.17, 15) is 4.79 Å². The van der Waals surface area contributed by atoms with Gasteiger partial charge in [-0.05, 0) is 49.9 Å². The number of nitrogens with zero attached hydrogens (tertiary/aromatic N) is 1. The Labute approximate surface area is 162 Å². The van der Waals surface area contributed by atoms with E-state index in [4.69, 9.17) is 4.74 Å². The van der Waals surface area contributed by atoms with Crippen molar-refractivity contribution < 1.29 is 9.53 Å². The smallest absolute Gasteiger partial charge is 0.317 e. The summed E-state index contributed by atoms with van der Waals surface area (Å²) >= 11 is 0. The molecule has 0 bridgehead atoms. The van der Waals surface area contributed by atoms with Gasteiger partial charge in [-0.25, -0.2) is 0 Å². The van der Waals surface area contributed by atoms with E-state index in [-0.39, 0.29) is 11.9 Å². The quantitative estimate of drug-likeness (QED) is 0.726. The van der Waals surface area contributed by atoms with Crippen LogP contribution in [0.5, 0.6) is 0 Å². The highest BCUT2D eigenvalue weighted by Crippen LogP contribution is 2.32. The maximum atomic E-state index is 13.1.